The van der Waals surface area contributed by atoms with Gasteiger partial charge in [-0.05, 0) is 70.1 Å². The van der Waals surface area contributed by atoms with E-state index >= 15 is 0 Å². The maximum Gasteiger partial charge on any atom is 0.315 e. The number of sulfone groups is 1. The molecule has 4 N–H and O–H groups in total. The highest BCUT2D eigenvalue weighted by Gasteiger charge is 2.69. The Morgan fingerprint density at radius 3 is 2.08 bits per heavy atom. The number of hydrogen-bond donors (Lipinski definition) is 4. The number of carbonyl (C=O) groups excluding carboxylic acids is 5. The van der Waals surface area contributed by atoms with Crippen molar-refractivity contribution in [2.24, 2.45) is 17.3 Å². The van der Waals surface area contributed by atoms with Gasteiger partial charge in [-0.1, -0.05) is 85.0 Å². The van der Waals surface area contributed by atoms with Gasteiger partial charge < -0.3 is 26.2 Å². The molecule has 13 heteroatoms. The topological polar surface area (TPSA) is 171 Å². The Kier molecular flexibility index (Phi) is 13.1. The average molecular weight is 722 g/mol. The largest absolute Gasteiger partial charge is 0.349 e. The number of ketones is 1. The van der Waals surface area contributed by atoms with Gasteiger partial charge in [0.1, 0.15) is 12.1 Å². The highest BCUT2D eigenvalue weighted by Crippen LogP contribution is 2.65. The second-order valence-electron chi connectivity index (χ2n) is 17.0. The minimum absolute atomic E-state index is 0.0916. The van der Waals surface area contributed by atoms with Crippen molar-refractivity contribution in [1.29, 1.82) is 0 Å². The van der Waals surface area contributed by atoms with Crippen molar-refractivity contribution in [2.75, 3.05) is 18.8 Å². The molecule has 50 heavy (non-hydrogen) atoms. The van der Waals surface area contributed by atoms with E-state index in [1.54, 1.807) is 25.7 Å². The number of rotatable bonds is 8. The molecule has 2 heterocycles. The van der Waals surface area contributed by atoms with Gasteiger partial charge in [-0.25, -0.2) is 13.2 Å². The third kappa shape index (κ3) is 9.39. The Morgan fingerprint density at radius 1 is 0.900 bits per heavy atom. The summed E-state index contributed by atoms with van der Waals surface area (Å²) in [6.45, 7) is 11.8. The normalized spacial score (nSPS) is 29.2. The Labute approximate surface area is 299 Å². The van der Waals surface area contributed by atoms with Gasteiger partial charge in [0.2, 0.25) is 17.6 Å². The molecule has 0 radical (unpaired) electrons. The van der Waals surface area contributed by atoms with Crippen LogP contribution in [0.15, 0.2) is 0 Å². The minimum atomic E-state index is -3.55. The van der Waals surface area contributed by atoms with Crippen molar-refractivity contribution in [3.05, 3.63) is 0 Å². The first kappa shape index (κ1) is 40.1. The Hall–Kier alpha value is -2.70. The SMILES string of the molecule is CCCNC(=O)C(=O)[C@H]1CCCCCCCCC[C@@H](NC(=O)NC2(CS(=O)(=O)C(C)(C)C)CCCCC2)C(=O)N2C[C@H]3[C@@H]([C@H]2C(=O)N1)C3(C)C. The van der Waals surface area contributed by atoms with Gasteiger partial charge in [0.15, 0.2) is 9.84 Å². The van der Waals surface area contributed by atoms with Crippen molar-refractivity contribution >= 4 is 39.4 Å². The van der Waals surface area contributed by atoms with Crippen molar-refractivity contribution in [3.8, 4) is 0 Å². The zero-order valence-corrected chi connectivity index (χ0v) is 32.1. The van der Waals surface area contributed by atoms with Crippen LogP contribution in [0, 0.1) is 17.3 Å². The fraction of sp³-hybridized carbons (Fsp3) is 0.865. The Balaban J connectivity index is 1.58. The molecule has 4 fully saturated rings. The number of piperidine rings is 1. The zero-order valence-electron chi connectivity index (χ0n) is 31.3. The predicted octanol–water partition coefficient (Wildman–Crippen LogP) is 4.16. The smallest absolute Gasteiger partial charge is 0.315 e. The molecule has 0 unspecified atom stereocenters. The van der Waals surface area contributed by atoms with E-state index in [4.69, 9.17) is 0 Å². The van der Waals surface area contributed by atoms with Gasteiger partial charge in [-0.2, -0.15) is 0 Å². The lowest BCUT2D eigenvalue weighted by molar-refractivity contribution is -0.144. The van der Waals surface area contributed by atoms with Crippen LogP contribution in [-0.2, 0) is 29.0 Å². The summed E-state index contributed by atoms with van der Waals surface area (Å²) in [4.78, 5) is 69.9. The van der Waals surface area contributed by atoms with E-state index in [-0.39, 0.29) is 28.9 Å². The van der Waals surface area contributed by atoms with Crippen LogP contribution in [0.2, 0.25) is 0 Å². The summed E-state index contributed by atoms with van der Waals surface area (Å²) >= 11 is 0. The first-order chi connectivity index (χ1) is 23.4. The lowest BCUT2D eigenvalue weighted by Crippen LogP contribution is -2.62. The quantitative estimate of drug-likeness (QED) is 0.273. The summed E-state index contributed by atoms with van der Waals surface area (Å²) in [5, 5.41) is 11.5. The standard InChI is InChI=1S/C37H63N5O7S/c1-7-22-38-32(45)30(43)26-18-14-11-9-8-10-12-15-19-27(33(46)42-23-25-28(36(25,5)6)29(42)31(44)39-26)40-34(47)41-37(20-16-13-17-21-37)24-50(48,49)35(2,3)4/h25-29H,7-24H2,1-6H3,(H,38,45)(H,39,44)(H2,40,41,47)/t25-,26+,27+,28-,29-/m0/s1. The van der Waals surface area contributed by atoms with Gasteiger partial charge in [0.05, 0.1) is 22.1 Å². The van der Waals surface area contributed by atoms with Crippen molar-refractivity contribution < 1.29 is 32.4 Å². The van der Waals surface area contributed by atoms with Crippen LogP contribution in [0.25, 0.3) is 0 Å². The lowest BCUT2D eigenvalue weighted by Gasteiger charge is -2.40. The number of carbonyl (C=O) groups is 5. The third-order valence-electron chi connectivity index (χ3n) is 11.8. The predicted molar refractivity (Wildman–Crippen MR) is 193 cm³/mol. The summed E-state index contributed by atoms with van der Waals surface area (Å²) < 4.78 is 25.7. The summed E-state index contributed by atoms with van der Waals surface area (Å²) in [6.07, 6.45) is 11.1. The Bertz CT molecular complexity index is 1370. The van der Waals surface area contributed by atoms with Gasteiger partial charge in [0.25, 0.3) is 5.91 Å². The number of amides is 5. The number of hydrogen-bond acceptors (Lipinski definition) is 7. The Morgan fingerprint density at radius 2 is 1.48 bits per heavy atom. The molecule has 0 bridgehead atoms. The summed E-state index contributed by atoms with van der Waals surface area (Å²) in [6, 6.07) is -3.30. The van der Waals surface area contributed by atoms with Crippen molar-refractivity contribution in [3.63, 3.8) is 0 Å². The summed E-state index contributed by atoms with van der Waals surface area (Å²) in [7, 11) is -3.55. The van der Waals surface area contributed by atoms with Crippen molar-refractivity contribution in [2.45, 2.75) is 166 Å². The summed E-state index contributed by atoms with van der Waals surface area (Å²) in [5.41, 5.74) is -1.10. The molecule has 2 aliphatic heterocycles. The van der Waals surface area contributed by atoms with E-state index < -0.39 is 61.9 Å². The van der Waals surface area contributed by atoms with Crippen LogP contribution in [0.4, 0.5) is 4.79 Å². The van der Waals surface area contributed by atoms with E-state index in [0.717, 1.165) is 51.4 Å². The molecule has 4 rings (SSSR count). The van der Waals surface area contributed by atoms with Gasteiger partial charge >= 0.3 is 6.03 Å². The molecule has 12 nitrogen and oxygen atoms in total. The molecule has 2 aliphatic carbocycles. The van der Waals surface area contributed by atoms with Gasteiger partial charge in [0, 0.05) is 13.1 Å². The van der Waals surface area contributed by atoms with Gasteiger partial charge in [-0.3, -0.25) is 19.2 Å². The molecule has 0 aromatic carbocycles. The monoisotopic (exact) mass is 721 g/mol. The second-order valence-corrected chi connectivity index (χ2v) is 19.7. The molecule has 5 amide bonds. The lowest BCUT2D eigenvalue weighted by atomic mass is 9.83. The highest BCUT2D eigenvalue weighted by atomic mass is 32.2. The second kappa shape index (κ2) is 16.3. The van der Waals surface area contributed by atoms with E-state index in [9.17, 15) is 32.4 Å². The van der Waals surface area contributed by atoms with Crippen LogP contribution in [0.5, 0.6) is 0 Å². The van der Waals surface area contributed by atoms with E-state index in [2.05, 4.69) is 35.1 Å². The molecule has 0 spiro atoms. The fourth-order valence-corrected chi connectivity index (χ4v) is 9.93. The fourth-order valence-electron chi connectivity index (χ4n) is 8.41. The maximum absolute atomic E-state index is 14.4. The molecule has 0 aromatic rings. The van der Waals surface area contributed by atoms with Crippen molar-refractivity contribution in [1.82, 2.24) is 26.2 Å². The number of Topliss-reactive ketones (excluding diaryl/α,β-unsaturated/α-hetero) is 1. The molecular formula is C37H63N5O7S. The molecule has 0 aromatic heterocycles. The number of nitrogens with zero attached hydrogens (tertiary/aromatic N) is 1. The zero-order chi connectivity index (χ0) is 36.9. The van der Waals surface area contributed by atoms with Crippen LogP contribution < -0.4 is 21.3 Å². The molecular weight excluding hydrogens is 659 g/mol. The minimum Gasteiger partial charge on any atom is -0.349 e. The molecule has 2 saturated heterocycles. The molecule has 4 aliphatic rings. The van der Waals surface area contributed by atoms with Crippen LogP contribution >= 0.6 is 0 Å². The molecule has 5 atom stereocenters. The number of fused-ring (bicyclic) bond motifs is 3. The first-order valence-electron chi connectivity index (χ1n) is 19.2. The maximum atomic E-state index is 14.4. The number of urea groups is 1. The van der Waals surface area contributed by atoms with Crippen LogP contribution in [0.3, 0.4) is 0 Å². The molecule has 284 valence electrons. The van der Waals surface area contributed by atoms with E-state index in [1.807, 2.05) is 6.92 Å². The van der Waals surface area contributed by atoms with E-state index in [0.29, 0.717) is 58.0 Å². The highest BCUT2D eigenvalue weighted by molar-refractivity contribution is 7.92. The van der Waals surface area contributed by atoms with Gasteiger partial charge in [-0.15, -0.1) is 0 Å². The third-order valence-corrected chi connectivity index (χ3v) is 14.6. The van der Waals surface area contributed by atoms with E-state index in [1.165, 1.54) is 0 Å². The summed E-state index contributed by atoms with van der Waals surface area (Å²) in [5.74, 6) is -2.36. The van der Waals surface area contributed by atoms with Crippen LogP contribution in [0.1, 0.15) is 138 Å². The number of nitrogens with one attached hydrogen (secondary N) is 4. The average Bonchev–Trinajstić information content (AvgIpc) is 3.34. The first-order valence-corrected chi connectivity index (χ1v) is 20.8. The molecule has 2 saturated carbocycles. The van der Waals surface area contributed by atoms with Crippen LogP contribution in [-0.4, -0.2) is 90.1 Å².